The van der Waals surface area contributed by atoms with Gasteiger partial charge in [-0.2, -0.15) is 5.10 Å². The summed E-state index contributed by atoms with van der Waals surface area (Å²) in [7, 11) is 0. The Morgan fingerprint density at radius 2 is 1.63 bits per heavy atom. The van der Waals surface area contributed by atoms with Crippen LogP contribution in [-0.2, 0) is 0 Å². The molecule has 0 bridgehead atoms. The first-order valence-corrected chi connectivity index (χ1v) is 6.20. The number of H-pyrrole nitrogens is 1. The van der Waals surface area contributed by atoms with Crippen LogP contribution in [0.2, 0.25) is 0 Å². The Morgan fingerprint density at radius 1 is 0.947 bits per heavy atom. The number of rotatable bonds is 2. The van der Waals surface area contributed by atoms with Crippen LogP contribution in [0.4, 0.5) is 0 Å². The highest BCUT2D eigenvalue weighted by Gasteiger charge is 2.15. The average Bonchev–Trinajstić information content (AvgIpc) is 2.93. The predicted octanol–water partition coefficient (Wildman–Crippen LogP) is 2.37. The molecule has 3 rings (SSSR count). The fourth-order valence-electron chi connectivity index (χ4n) is 2.34. The summed E-state index contributed by atoms with van der Waals surface area (Å²) in [4.78, 5) is 4.21. The molecule has 2 aromatic heterocycles. The van der Waals surface area contributed by atoms with Gasteiger partial charge in [-0.3, -0.25) is 0 Å². The lowest BCUT2D eigenvalue weighted by atomic mass is 10.0. The SMILES string of the molecule is Cc1cc(-c2ccccc2)cc(C)[n+]1-c1ncn[nH]1. The van der Waals surface area contributed by atoms with E-state index in [2.05, 4.69) is 70.0 Å². The van der Waals surface area contributed by atoms with E-state index < -0.39 is 0 Å². The molecule has 19 heavy (non-hydrogen) atoms. The standard InChI is InChI=1S/C15H15N4/c1-11-8-14(13-6-4-3-5-7-13)9-12(2)19(11)15-16-10-17-18-15/h3-10H,1-2H3,(H,16,17,18)/q+1. The van der Waals surface area contributed by atoms with Crippen molar-refractivity contribution < 1.29 is 4.57 Å². The van der Waals surface area contributed by atoms with Crippen molar-refractivity contribution in [3.05, 3.63) is 60.2 Å². The van der Waals surface area contributed by atoms with E-state index in [1.54, 1.807) is 0 Å². The molecule has 94 valence electrons. The summed E-state index contributed by atoms with van der Waals surface area (Å²) in [6.07, 6.45) is 1.52. The van der Waals surface area contributed by atoms with Gasteiger partial charge in [-0.1, -0.05) is 40.4 Å². The van der Waals surface area contributed by atoms with Crippen molar-refractivity contribution in [1.29, 1.82) is 0 Å². The van der Waals surface area contributed by atoms with Crippen LogP contribution in [0.3, 0.4) is 0 Å². The van der Waals surface area contributed by atoms with Gasteiger partial charge in [-0.05, 0) is 37.1 Å². The van der Waals surface area contributed by atoms with Crippen LogP contribution < -0.4 is 4.57 Å². The van der Waals surface area contributed by atoms with E-state index >= 15 is 0 Å². The Hall–Kier alpha value is -2.49. The molecule has 0 aliphatic rings. The number of aryl methyl sites for hydroxylation is 2. The highest BCUT2D eigenvalue weighted by Crippen LogP contribution is 2.20. The number of pyridine rings is 1. The topological polar surface area (TPSA) is 45.5 Å². The van der Waals surface area contributed by atoms with Gasteiger partial charge in [0.1, 0.15) is 0 Å². The van der Waals surface area contributed by atoms with E-state index in [9.17, 15) is 0 Å². The van der Waals surface area contributed by atoms with Crippen LogP contribution in [0, 0.1) is 13.8 Å². The molecule has 1 N–H and O–H groups in total. The zero-order valence-corrected chi connectivity index (χ0v) is 11.0. The van der Waals surface area contributed by atoms with Gasteiger partial charge in [0, 0.05) is 0 Å². The van der Waals surface area contributed by atoms with Crippen LogP contribution in [0.25, 0.3) is 17.1 Å². The van der Waals surface area contributed by atoms with Gasteiger partial charge in [0.25, 0.3) is 0 Å². The molecule has 0 radical (unpaired) electrons. The third-order valence-corrected chi connectivity index (χ3v) is 3.16. The van der Waals surface area contributed by atoms with E-state index in [1.165, 1.54) is 17.5 Å². The summed E-state index contributed by atoms with van der Waals surface area (Å²) >= 11 is 0. The van der Waals surface area contributed by atoms with Crippen molar-refractivity contribution >= 4 is 0 Å². The number of benzene rings is 1. The predicted molar refractivity (Wildman–Crippen MR) is 72.8 cm³/mol. The van der Waals surface area contributed by atoms with Crippen LogP contribution in [0.5, 0.6) is 0 Å². The smallest absolute Gasteiger partial charge is 0.202 e. The first-order valence-electron chi connectivity index (χ1n) is 6.20. The summed E-state index contributed by atoms with van der Waals surface area (Å²) in [6.45, 7) is 4.14. The van der Waals surface area contributed by atoms with Gasteiger partial charge < -0.3 is 0 Å². The molecule has 0 aliphatic heterocycles. The van der Waals surface area contributed by atoms with E-state index in [1.807, 2.05) is 6.07 Å². The maximum Gasteiger partial charge on any atom is 0.422 e. The highest BCUT2D eigenvalue weighted by molar-refractivity contribution is 5.63. The molecule has 0 atom stereocenters. The van der Waals surface area contributed by atoms with Crippen LogP contribution >= 0.6 is 0 Å². The van der Waals surface area contributed by atoms with Gasteiger partial charge in [0.05, 0.1) is 11.4 Å². The molecule has 0 aliphatic carbocycles. The lowest BCUT2D eigenvalue weighted by Gasteiger charge is -2.08. The average molecular weight is 251 g/mol. The van der Waals surface area contributed by atoms with E-state index in [-0.39, 0.29) is 0 Å². The largest absolute Gasteiger partial charge is 0.422 e. The minimum atomic E-state index is 0.745. The highest BCUT2D eigenvalue weighted by atomic mass is 15.3. The van der Waals surface area contributed by atoms with E-state index in [0.717, 1.165) is 17.3 Å². The maximum atomic E-state index is 4.21. The van der Waals surface area contributed by atoms with Crippen molar-refractivity contribution in [2.24, 2.45) is 0 Å². The molecule has 0 saturated carbocycles. The molecule has 0 fully saturated rings. The molecular weight excluding hydrogens is 236 g/mol. The molecule has 3 aromatic rings. The molecule has 2 heterocycles. The first kappa shape index (κ1) is 11.6. The van der Waals surface area contributed by atoms with Crippen LogP contribution in [0.15, 0.2) is 48.8 Å². The number of hydrogen-bond acceptors (Lipinski definition) is 2. The maximum absolute atomic E-state index is 4.21. The second-order valence-electron chi connectivity index (χ2n) is 4.54. The van der Waals surface area contributed by atoms with Gasteiger partial charge in [0.2, 0.25) is 6.33 Å². The molecule has 0 saturated heterocycles. The van der Waals surface area contributed by atoms with E-state index in [0.29, 0.717) is 0 Å². The minimum Gasteiger partial charge on any atom is -0.202 e. The summed E-state index contributed by atoms with van der Waals surface area (Å²) < 4.78 is 2.06. The first-order chi connectivity index (χ1) is 9.25. The third-order valence-electron chi connectivity index (χ3n) is 3.16. The van der Waals surface area contributed by atoms with Gasteiger partial charge in [-0.15, -0.1) is 0 Å². The summed E-state index contributed by atoms with van der Waals surface area (Å²) in [5.41, 5.74) is 4.68. The molecule has 1 aromatic carbocycles. The Labute approximate surface area is 111 Å². The second-order valence-corrected chi connectivity index (χ2v) is 4.54. The zero-order valence-electron chi connectivity index (χ0n) is 11.0. The number of nitrogens with one attached hydrogen (secondary N) is 1. The molecular formula is C15H15N4+. The van der Waals surface area contributed by atoms with Gasteiger partial charge in [-0.25, -0.2) is 4.57 Å². The Kier molecular flexibility index (Phi) is 2.83. The number of aromatic nitrogens is 4. The fraction of sp³-hybridized carbons (Fsp3) is 0.133. The number of aromatic amines is 1. The molecule has 0 spiro atoms. The molecule has 0 amide bonds. The number of hydrogen-bond donors (Lipinski definition) is 1. The molecule has 0 unspecified atom stereocenters. The summed E-state index contributed by atoms with van der Waals surface area (Å²) in [5, 5.41) is 6.80. The van der Waals surface area contributed by atoms with Crippen molar-refractivity contribution in [1.82, 2.24) is 15.2 Å². The van der Waals surface area contributed by atoms with Gasteiger partial charge >= 0.3 is 5.95 Å². The van der Waals surface area contributed by atoms with Crippen molar-refractivity contribution in [3.63, 3.8) is 0 Å². The lowest BCUT2D eigenvalue weighted by Crippen LogP contribution is -2.39. The Morgan fingerprint density at radius 3 is 2.21 bits per heavy atom. The van der Waals surface area contributed by atoms with Crippen LogP contribution in [-0.4, -0.2) is 15.2 Å². The molecule has 4 nitrogen and oxygen atoms in total. The lowest BCUT2D eigenvalue weighted by molar-refractivity contribution is -0.617. The van der Waals surface area contributed by atoms with Crippen molar-refractivity contribution in [3.8, 4) is 17.1 Å². The summed E-state index contributed by atoms with van der Waals surface area (Å²) in [6, 6.07) is 14.7. The van der Waals surface area contributed by atoms with Gasteiger partial charge in [0.15, 0.2) is 0 Å². The fourth-order valence-corrected chi connectivity index (χ4v) is 2.34. The monoisotopic (exact) mass is 251 g/mol. The van der Waals surface area contributed by atoms with Crippen molar-refractivity contribution in [2.45, 2.75) is 13.8 Å². The third kappa shape index (κ3) is 2.12. The Bertz CT molecular complexity index is 664. The zero-order chi connectivity index (χ0) is 13.2. The quantitative estimate of drug-likeness (QED) is 0.711. The minimum absolute atomic E-state index is 0.745. The second kappa shape index (κ2) is 4.65. The number of nitrogens with zero attached hydrogens (tertiary/aromatic N) is 3. The van der Waals surface area contributed by atoms with E-state index in [4.69, 9.17) is 0 Å². The Balaban J connectivity index is 2.13. The normalized spacial score (nSPS) is 10.6. The van der Waals surface area contributed by atoms with Crippen molar-refractivity contribution in [2.75, 3.05) is 0 Å². The van der Waals surface area contributed by atoms with Crippen LogP contribution in [0.1, 0.15) is 11.4 Å². The summed E-state index contributed by atoms with van der Waals surface area (Å²) in [5.74, 6) is 0.745. The molecule has 4 heteroatoms.